The van der Waals surface area contributed by atoms with Crippen LogP contribution < -0.4 is 14.8 Å². The van der Waals surface area contributed by atoms with Crippen LogP contribution in [-0.4, -0.2) is 41.4 Å². The summed E-state index contributed by atoms with van der Waals surface area (Å²) in [5.41, 5.74) is 2.95. The van der Waals surface area contributed by atoms with Crippen LogP contribution in [0.2, 0.25) is 0 Å². The normalized spacial score (nSPS) is 18.5. The molecule has 1 aliphatic carbocycles. The van der Waals surface area contributed by atoms with Crippen LogP contribution in [0.4, 0.5) is 5.69 Å². The molecule has 154 valence electrons. The van der Waals surface area contributed by atoms with Gasteiger partial charge in [0.2, 0.25) is 5.88 Å². The summed E-state index contributed by atoms with van der Waals surface area (Å²) in [7, 11) is 0. The number of nitrogens with zero attached hydrogens (tertiary/aromatic N) is 1. The summed E-state index contributed by atoms with van der Waals surface area (Å²) in [4.78, 5) is 16.4. The van der Waals surface area contributed by atoms with Gasteiger partial charge < -0.3 is 24.6 Å². The lowest BCUT2D eigenvalue weighted by Crippen LogP contribution is -2.21. The fourth-order valence-electron chi connectivity index (χ4n) is 3.52. The molecule has 2 N–H and O–H groups in total. The number of benzene rings is 1. The highest BCUT2D eigenvalue weighted by atomic mass is 16.5. The third kappa shape index (κ3) is 4.45. The standard InChI is InChI=1S/C22H26N2O5/c1-12-8-17(28-16-4-5-16)9-13(2)20(12)29-21-19(22(25)26)18(10-14(3)23-21)24-15-6-7-27-11-15/h8-10,15-16H,4-7,11H2,1-3H3,(H,23,24)(H,25,26). The zero-order valence-corrected chi connectivity index (χ0v) is 16.9. The minimum absolute atomic E-state index is 0.0274. The molecule has 1 saturated heterocycles. The second kappa shape index (κ2) is 7.91. The number of nitrogens with one attached hydrogen (secondary N) is 1. The smallest absolute Gasteiger partial charge is 0.343 e. The number of carboxylic acid groups (broad SMARTS) is 1. The lowest BCUT2D eigenvalue weighted by atomic mass is 10.1. The van der Waals surface area contributed by atoms with E-state index < -0.39 is 5.97 Å². The molecule has 1 aromatic carbocycles. The highest BCUT2D eigenvalue weighted by Crippen LogP contribution is 2.37. The van der Waals surface area contributed by atoms with Crippen LogP contribution in [-0.2, 0) is 4.74 Å². The van der Waals surface area contributed by atoms with Gasteiger partial charge in [-0.15, -0.1) is 0 Å². The van der Waals surface area contributed by atoms with Crippen molar-refractivity contribution < 1.29 is 24.1 Å². The first-order valence-electron chi connectivity index (χ1n) is 9.95. The summed E-state index contributed by atoms with van der Waals surface area (Å²) in [6.45, 7) is 6.89. The van der Waals surface area contributed by atoms with Gasteiger partial charge in [-0.3, -0.25) is 0 Å². The molecule has 2 aromatic rings. The van der Waals surface area contributed by atoms with Crippen molar-refractivity contribution in [3.05, 3.63) is 40.6 Å². The number of rotatable bonds is 7. The molecular weight excluding hydrogens is 372 g/mol. The molecule has 2 aliphatic rings. The topological polar surface area (TPSA) is 89.9 Å². The fourth-order valence-corrected chi connectivity index (χ4v) is 3.52. The molecule has 1 aliphatic heterocycles. The molecule has 29 heavy (non-hydrogen) atoms. The average Bonchev–Trinajstić information content (AvgIpc) is 3.30. The van der Waals surface area contributed by atoms with Gasteiger partial charge in [0.25, 0.3) is 0 Å². The van der Waals surface area contributed by atoms with E-state index in [1.807, 2.05) is 32.9 Å². The van der Waals surface area contributed by atoms with E-state index in [1.54, 1.807) is 6.07 Å². The quantitative estimate of drug-likeness (QED) is 0.721. The number of anilines is 1. The van der Waals surface area contributed by atoms with Gasteiger partial charge >= 0.3 is 5.97 Å². The zero-order chi connectivity index (χ0) is 20.5. The maximum absolute atomic E-state index is 12.1. The van der Waals surface area contributed by atoms with Gasteiger partial charge in [-0.1, -0.05) is 0 Å². The van der Waals surface area contributed by atoms with Crippen molar-refractivity contribution in [2.24, 2.45) is 0 Å². The van der Waals surface area contributed by atoms with Gasteiger partial charge in [0.05, 0.1) is 24.4 Å². The highest BCUT2D eigenvalue weighted by Gasteiger charge is 2.26. The third-order valence-corrected chi connectivity index (χ3v) is 5.08. The van der Waals surface area contributed by atoms with E-state index in [1.165, 1.54) is 0 Å². The molecule has 4 rings (SSSR count). The molecule has 0 amide bonds. The van der Waals surface area contributed by atoms with Crippen molar-refractivity contribution in [2.45, 2.75) is 52.2 Å². The fraction of sp³-hybridized carbons (Fsp3) is 0.455. The predicted molar refractivity (Wildman–Crippen MR) is 108 cm³/mol. The lowest BCUT2D eigenvalue weighted by Gasteiger charge is -2.19. The Morgan fingerprint density at radius 1 is 1.17 bits per heavy atom. The van der Waals surface area contributed by atoms with Crippen LogP contribution in [0.25, 0.3) is 0 Å². The summed E-state index contributed by atoms with van der Waals surface area (Å²) in [6, 6.07) is 5.66. The molecule has 7 heteroatoms. The molecule has 0 spiro atoms. The van der Waals surface area contributed by atoms with Crippen molar-refractivity contribution in [3.63, 3.8) is 0 Å². The summed E-state index contributed by atoms with van der Waals surface area (Å²) in [5.74, 6) is 0.414. The van der Waals surface area contributed by atoms with Crippen LogP contribution in [0.5, 0.6) is 17.4 Å². The molecule has 1 atom stereocenters. The maximum Gasteiger partial charge on any atom is 0.343 e. The summed E-state index contributed by atoms with van der Waals surface area (Å²) >= 11 is 0. The molecule has 0 bridgehead atoms. The van der Waals surface area contributed by atoms with Crippen LogP contribution in [0.1, 0.15) is 46.4 Å². The maximum atomic E-state index is 12.1. The first-order chi connectivity index (χ1) is 13.9. The van der Waals surface area contributed by atoms with E-state index in [9.17, 15) is 9.90 Å². The largest absolute Gasteiger partial charge is 0.490 e. The van der Waals surface area contributed by atoms with E-state index in [0.29, 0.717) is 36.4 Å². The van der Waals surface area contributed by atoms with Crippen LogP contribution in [0.15, 0.2) is 18.2 Å². The molecule has 1 unspecified atom stereocenters. The second-order valence-electron chi connectivity index (χ2n) is 7.81. The van der Waals surface area contributed by atoms with Crippen LogP contribution >= 0.6 is 0 Å². The van der Waals surface area contributed by atoms with E-state index in [-0.39, 0.29) is 17.5 Å². The average molecular weight is 398 g/mol. The van der Waals surface area contributed by atoms with Gasteiger partial charge in [-0.2, -0.15) is 0 Å². The molecule has 1 aromatic heterocycles. The highest BCUT2D eigenvalue weighted by molar-refractivity contribution is 5.97. The minimum Gasteiger partial charge on any atom is -0.490 e. The van der Waals surface area contributed by atoms with Gasteiger partial charge in [-0.25, -0.2) is 9.78 Å². The third-order valence-electron chi connectivity index (χ3n) is 5.08. The van der Waals surface area contributed by atoms with Crippen molar-refractivity contribution in [3.8, 4) is 17.4 Å². The Balaban J connectivity index is 1.67. The molecule has 2 fully saturated rings. The first kappa shape index (κ1) is 19.5. The number of aromatic nitrogens is 1. The number of aromatic carboxylic acids is 1. The Kier molecular flexibility index (Phi) is 5.32. The molecule has 7 nitrogen and oxygen atoms in total. The van der Waals surface area contributed by atoms with Crippen LogP contribution in [0.3, 0.4) is 0 Å². The number of carboxylic acids is 1. The molecule has 0 radical (unpaired) electrons. The van der Waals surface area contributed by atoms with Gasteiger partial charge in [0.15, 0.2) is 0 Å². The van der Waals surface area contributed by atoms with Gasteiger partial charge in [0.1, 0.15) is 17.1 Å². The van der Waals surface area contributed by atoms with Crippen molar-refractivity contribution in [1.29, 1.82) is 0 Å². The van der Waals surface area contributed by atoms with Crippen molar-refractivity contribution in [1.82, 2.24) is 4.98 Å². The molecular formula is C22H26N2O5. The number of pyridine rings is 1. The number of hydrogen-bond donors (Lipinski definition) is 2. The SMILES string of the molecule is Cc1cc(NC2CCOC2)c(C(=O)O)c(Oc2c(C)cc(OC3CC3)cc2C)n1. The number of aryl methyl sites for hydroxylation is 3. The van der Waals surface area contributed by atoms with Crippen molar-refractivity contribution in [2.75, 3.05) is 18.5 Å². The monoisotopic (exact) mass is 398 g/mol. The predicted octanol–water partition coefficient (Wildman–Crippen LogP) is 4.24. The molecule has 2 heterocycles. The number of carbonyl (C=O) groups is 1. The van der Waals surface area contributed by atoms with Gasteiger partial charge in [0, 0.05) is 12.3 Å². The lowest BCUT2D eigenvalue weighted by molar-refractivity contribution is 0.0694. The Morgan fingerprint density at radius 2 is 1.90 bits per heavy atom. The summed E-state index contributed by atoms with van der Waals surface area (Å²) in [6.07, 6.45) is 3.32. The second-order valence-corrected chi connectivity index (χ2v) is 7.81. The summed E-state index contributed by atoms with van der Waals surface area (Å²) in [5, 5.41) is 13.1. The number of ether oxygens (including phenoxy) is 3. The van der Waals surface area contributed by atoms with Gasteiger partial charge in [-0.05, 0) is 69.4 Å². The van der Waals surface area contributed by atoms with Crippen molar-refractivity contribution >= 4 is 11.7 Å². The Hall–Kier alpha value is -2.80. The zero-order valence-electron chi connectivity index (χ0n) is 16.9. The van der Waals surface area contributed by atoms with E-state index in [2.05, 4.69) is 10.3 Å². The van der Waals surface area contributed by atoms with E-state index in [4.69, 9.17) is 14.2 Å². The molecule has 1 saturated carbocycles. The minimum atomic E-state index is -1.09. The summed E-state index contributed by atoms with van der Waals surface area (Å²) < 4.78 is 17.3. The first-order valence-corrected chi connectivity index (χ1v) is 9.95. The van der Waals surface area contributed by atoms with E-state index >= 15 is 0 Å². The Labute approximate surface area is 170 Å². The Bertz CT molecular complexity index is 910. The van der Waals surface area contributed by atoms with E-state index in [0.717, 1.165) is 36.1 Å². The number of hydrogen-bond acceptors (Lipinski definition) is 6. The Morgan fingerprint density at radius 3 is 2.48 bits per heavy atom. The van der Waals surface area contributed by atoms with Crippen LogP contribution in [0, 0.1) is 20.8 Å².